The van der Waals surface area contributed by atoms with Gasteiger partial charge in [-0.2, -0.15) is 0 Å². The van der Waals surface area contributed by atoms with Crippen LogP contribution in [0.4, 0.5) is 0 Å². The monoisotopic (exact) mass is 170 g/mol. The summed E-state index contributed by atoms with van der Waals surface area (Å²) in [5, 5.41) is 0. The fourth-order valence-electron chi connectivity index (χ4n) is 2.34. The van der Waals surface area contributed by atoms with Crippen LogP contribution in [0.1, 0.15) is 44.9 Å². The first-order valence-corrected chi connectivity index (χ1v) is 5.23. The molecule has 0 aromatic heterocycles. The van der Waals surface area contributed by atoms with Gasteiger partial charge in [-0.25, -0.2) is 0 Å². The average Bonchev–Trinajstić information content (AvgIpc) is 2.32. The normalized spacial score (nSPS) is 23.5. The lowest BCUT2D eigenvalue weighted by molar-refractivity contribution is 0.237. The van der Waals surface area contributed by atoms with Crippen LogP contribution in [0.25, 0.3) is 0 Å². The number of rotatable bonds is 3. The van der Waals surface area contributed by atoms with Gasteiger partial charge in [-0.15, -0.1) is 0 Å². The smallest absolute Gasteiger partial charge is 0.00201 e. The summed E-state index contributed by atoms with van der Waals surface area (Å²) in [5.74, 6) is 0. The largest absolute Gasteiger partial charge is 0.330 e. The van der Waals surface area contributed by atoms with Crippen molar-refractivity contribution in [1.82, 2.24) is 0 Å². The predicted octanol–water partition coefficient (Wildman–Crippen LogP) is 1.63. The van der Waals surface area contributed by atoms with Gasteiger partial charge in [0.25, 0.3) is 0 Å². The Balaban J connectivity index is 2.48. The molecule has 1 saturated carbocycles. The first kappa shape index (κ1) is 10.0. The molecule has 0 unspecified atom stereocenters. The molecule has 0 bridgehead atoms. The summed E-state index contributed by atoms with van der Waals surface area (Å²) in [7, 11) is 0. The summed E-state index contributed by atoms with van der Waals surface area (Å²) >= 11 is 0. The molecule has 2 nitrogen and oxygen atoms in total. The van der Waals surface area contributed by atoms with Crippen molar-refractivity contribution < 1.29 is 0 Å². The lowest BCUT2D eigenvalue weighted by Crippen LogP contribution is -2.32. The second kappa shape index (κ2) is 4.83. The molecular formula is C10H22N2. The molecule has 1 fully saturated rings. The number of hydrogen-bond donors (Lipinski definition) is 2. The van der Waals surface area contributed by atoms with Gasteiger partial charge in [-0.3, -0.25) is 0 Å². The van der Waals surface area contributed by atoms with Crippen LogP contribution in [-0.4, -0.2) is 13.1 Å². The van der Waals surface area contributed by atoms with Crippen molar-refractivity contribution in [3.63, 3.8) is 0 Å². The molecule has 1 aliphatic rings. The summed E-state index contributed by atoms with van der Waals surface area (Å²) in [6.45, 7) is 1.64. The van der Waals surface area contributed by atoms with Gasteiger partial charge >= 0.3 is 0 Å². The van der Waals surface area contributed by atoms with Gasteiger partial charge in [-0.05, 0) is 37.8 Å². The number of hydrogen-bond acceptors (Lipinski definition) is 2. The summed E-state index contributed by atoms with van der Waals surface area (Å²) < 4.78 is 0. The van der Waals surface area contributed by atoms with Crippen LogP contribution in [0.2, 0.25) is 0 Å². The van der Waals surface area contributed by atoms with Crippen molar-refractivity contribution in [3.8, 4) is 0 Å². The second-order valence-electron chi connectivity index (χ2n) is 4.16. The molecule has 0 spiro atoms. The molecule has 0 radical (unpaired) electrons. The van der Waals surface area contributed by atoms with Crippen molar-refractivity contribution >= 4 is 0 Å². The highest BCUT2D eigenvalue weighted by atomic mass is 14.6. The van der Waals surface area contributed by atoms with E-state index in [0.29, 0.717) is 5.41 Å². The van der Waals surface area contributed by atoms with Crippen molar-refractivity contribution in [2.45, 2.75) is 44.9 Å². The second-order valence-corrected chi connectivity index (χ2v) is 4.16. The van der Waals surface area contributed by atoms with Crippen LogP contribution < -0.4 is 11.5 Å². The van der Waals surface area contributed by atoms with Crippen LogP contribution >= 0.6 is 0 Å². The van der Waals surface area contributed by atoms with Gasteiger partial charge in [0, 0.05) is 0 Å². The molecular weight excluding hydrogens is 148 g/mol. The van der Waals surface area contributed by atoms with Crippen molar-refractivity contribution in [1.29, 1.82) is 0 Å². The lowest BCUT2D eigenvalue weighted by atomic mass is 9.77. The predicted molar refractivity (Wildman–Crippen MR) is 52.9 cm³/mol. The maximum absolute atomic E-state index is 5.84. The quantitative estimate of drug-likeness (QED) is 0.633. The van der Waals surface area contributed by atoms with E-state index in [1.807, 2.05) is 0 Å². The van der Waals surface area contributed by atoms with Gasteiger partial charge in [0.2, 0.25) is 0 Å². The zero-order valence-electron chi connectivity index (χ0n) is 8.02. The maximum atomic E-state index is 5.84. The fourth-order valence-corrected chi connectivity index (χ4v) is 2.34. The molecule has 0 aromatic carbocycles. The van der Waals surface area contributed by atoms with Crippen molar-refractivity contribution in [2.24, 2.45) is 16.9 Å². The SMILES string of the molecule is NCCC1(CN)CCCCCC1. The van der Waals surface area contributed by atoms with E-state index in [0.717, 1.165) is 19.5 Å². The Kier molecular flexibility index (Phi) is 4.02. The van der Waals surface area contributed by atoms with E-state index in [4.69, 9.17) is 11.5 Å². The van der Waals surface area contributed by atoms with Gasteiger partial charge < -0.3 is 11.5 Å². The van der Waals surface area contributed by atoms with E-state index >= 15 is 0 Å². The Bertz CT molecular complexity index is 115. The van der Waals surface area contributed by atoms with E-state index in [9.17, 15) is 0 Å². The van der Waals surface area contributed by atoms with Gasteiger partial charge in [-0.1, -0.05) is 25.7 Å². The average molecular weight is 170 g/mol. The number of nitrogens with two attached hydrogens (primary N) is 2. The van der Waals surface area contributed by atoms with E-state index in [1.54, 1.807) is 0 Å². The molecule has 1 rings (SSSR count). The van der Waals surface area contributed by atoms with E-state index < -0.39 is 0 Å². The Morgan fingerprint density at radius 2 is 1.50 bits per heavy atom. The van der Waals surface area contributed by atoms with Crippen molar-refractivity contribution in [2.75, 3.05) is 13.1 Å². The fraction of sp³-hybridized carbons (Fsp3) is 1.00. The Morgan fingerprint density at radius 3 is 1.92 bits per heavy atom. The third kappa shape index (κ3) is 2.46. The molecule has 0 saturated heterocycles. The van der Waals surface area contributed by atoms with Crippen LogP contribution in [0.15, 0.2) is 0 Å². The highest BCUT2D eigenvalue weighted by molar-refractivity contribution is 4.82. The minimum atomic E-state index is 0.408. The molecule has 0 aromatic rings. The first-order valence-electron chi connectivity index (χ1n) is 5.23. The minimum absolute atomic E-state index is 0.408. The van der Waals surface area contributed by atoms with Crippen LogP contribution in [0.3, 0.4) is 0 Å². The Hall–Kier alpha value is -0.0800. The summed E-state index contributed by atoms with van der Waals surface area (Å²) in [4.78, 5) is 0. The van der Waals surface area contributed by atoms with Crippen LogP contribution in [0.5, 0.6) is 0 Å². The molecule has 12 heavy (non-hydrogen) atoms. The van der Waals surface area contributed by atoms with Gasteiger partial charge in [0.05, 0.1) is 0 Å². The molecule has 0 atom stereocenters. The first-order chi connectivity index (χ1) is 5.83. The Morgan fingerprint density at radius 1 is 0.917 bits per heavy atom. The molecule has 0 aliphatic heterocycles. The van der Waals surface area contributed by atoms with Crippen molar-refractivity contribution in [3.05, 3.63) is 0 Å². The highest BCUT2D eigenvalue weighted by Crippen LogP contribution is 2.36. The summed E-state index contributed by atoms with van der Waals surface area (Å²) in [6, 6.07) is 0. The van der Waals surface area contributed by atoms with Gasteiger partial charge in [0.1, 0.15) is 0 Å². The van der Waals surface area contributed by atoms with E-state index in [-0.39, 0.29) is 0 Å². The molecule has 1 aliphatic carbocycles. The third-order valence-electron chi connectivity index (χ3n) is 3.27. The Labute approximate surface area is 75.7 Å². The topological polar surface area (TPSA) is 52.0 Å². The van der Waals surface area contributed by atoms with Gasteiger partial charge in [0.15, 0.2) is 0 Å². The molecule has 0 amide bonds. The van der Waals surface area contributed by atoms with E-state index in [1.165, 1.54) is 38.5 Å². The van der Waals surface area contributed by atoms with Crippen LogP contribution in [0, 0.1) is 5.41 Å². The summed E-state index contributed by atoms with van der Waals surface area (Å²) in [5.41, 5.74) is 11.9. The maximum Gasteiger partial charge on any atom is -0.00201 e. The van der Waals surface area contributed by atoms with Crippen LogP contribution in [-0.2, 0) is 0 Å². The summed E-state index contributed by atoms with van der Waals surface area (Å²) in [6.07, 6.45) is 9.25. The molecule has 2 heteroatoms. The lowest BCUT2D eigenvalue weighted by Gasteiger charge is -2.30. The molecule has 4 N–H and O–H groups in total. The highest BCUT2D eigenvalue weighted by Gasteiger charge is 2.28. The van der Waals surface area contributed by atoms with E-state index in [2.05, 4.69) is 0 Å². The molecule has 0 heterocycles. The zero-order valence-corrected chi connectivity index (χ0v) is 8.02. The third-order valence-corrected chi connectivity index (χ3v) is 3.27. The standard InChI is InChI=1S/C10H22N2/c11-8-7-10(9-12)5-3-1-2-4-6-10/h1-9,11-12H2. The minimum Gasteiger partial charge on any atom is -0.330 e. The zero-order chi connectivity index (χ0) is 8.86. The molecule has 72 valence electrons.